The fourth-order valence-corrected chi connectivity index (χ4v) is 3.58. The molecule has 0 saturated heterocycles. The Labute approximate surface area is 186 Å². The van der Waals surface area contributed by atoms with Crippen molar-refractivity contribution >= 4 is 51.7 Å². The zero-order valence-electron chi connectivity index (χ0n) is 17.2. The van der Waals surface area contributed by atoms with Crippen LogP contribution >= 0.6 is 11.5 Å². The van der Waals surface area contributed by atoms with Crippen molar-refractivity contribution in [1.29, 1.82) is 0 Å². The normalized spacial score (nSPS) is 10.7. The van der Waals surface area contributed by atoms with E-state index in [1.165, 1.54) is 0 Å². The maximum absolute atomic E-state index is 13.0. The molecule has 0 saturated carbocycles. The number of hydrogen-bond acceptors (Lipinski definition) is 8. The van der Waals surface area contributed by atoms with Crippen LogP contribution in [0, 0.1) is 6.92 Å². The Balaban J connectivity index is 1.61. The summed E-state index contributed by atoms with van der Waals surface area (Å²) in [5, 5.41) is 9.90. The standard InChI is InChI=1S/C22H18N4O5S/c1-3-30-22(29)13-8-10-14(11-9-13)23-20(27)18-17(15-6-4-5-7-16(15)31-18)24-21(28)19-12(2)25-26-32-19/h4-11H,3H2,1-2H3,(H,23,27)(H,24,28). The number of aromatic nitrogens is 2. The van der Waals surface area contributed by atoms with E-state index in [9.17, 15) is 14.4 Å². The van der Waals surface area contributed by atoms with Gasteiger partial charge >= 0.3 is 5.97 Å². The van der Waals surface area contributed by atoms with Gasteiger partial charge < -0.3 is 19.8 Å². The number of hydrogen-bond donors (Lipinski definition) is 2. The molecular formula is C22H18N4O5S. The van der Waals surface area contributed by atoms with E-state index in [0.29, 0.717) is 32.8 Å². The zero-order valence-corrected chi connectivity index (χ0v) is 18.0. The molecule has 0 spiro atoms. The second kappa shape index (κ2) is 8.98. The van der Waals surface area contributed by atoms with Gasteiger partial charge in [0.1, 0.15) is 16.1 Å². The van der Waals surface area contributed by atoms with Gasteiger partial charge in [0.2, 0.25) is 5.76 Å². The third-order valence-electron chi connectivity index (χ3n) is 4.55. The number of para-hydroxylation sites is 1. The van der Waals surface area contributed by atoms with E-state index in [1.807, 2.05) is 0 Å². The van der Waals surface area contributed by atoms with Gasteiger partial charge in [-0.3, -0.25) is 9.59 Å². The molecule has 4 rings (SSSR count). The van der Waals surface area contributed by atoms with Gasteiger partial charge in [-0.25, -0.2) is 4.79 Å². The molecule has 162 valence electrons. The van der Waals surface area contributed by atoms with Crippen molar-refractivity contribution in [3.8, 4) is 0 Å². The average molecular weight is 450 g/mol. The number of aryl methyl sites for hydroxylation is 1. The number of carbonyl (C=O) groups is 3. The number of benzene rings is 2. The number of anilines is 2. The SMILES string of the molecule is CCOC(=O)c1ccc(NC(=O)c2oc3ccccc3c2NC(=O)c2snnc2C)cc1. The van der Waals surface area contributed by atoms with Crippen LogP contribution in [0.3, 0.4) is 0 Å². The summed E-state index contributed by atoms with van der Waals surface area (Å²) in [4.78, 5) is 37.9. The number of fused-ring (bicyclic) bond motifs is 1. The van der Waals surface area contributed by atoms with Gasteiger partial charge in [0.15, 0.2) is 0 Å². The molecule has 4 aromatic rings. The van der Waals surface area contributed by atoms with E-state index in [4.69, 9.17) is 9.15 Å². The number of carbonyl (C=O) groups excluding carboxylic acids is 3. The lowest BCUT2D eigenvalue weighted by Gasteiger charge is -2.07. The number of esters is 1. The Morgan fingerprint density at radius 1 is 1.03 bits per heavy atom. The van der Waals surface area contributed by atoms with E-state index < -0.39 is 17.8 Å². The second-order valence-electron chi connectivity index (χ2n) is 6.70. The molecule has 0 fully saturated rings. The molecule has 0 unspecified atom stereocenters. The molecule has 2 N–H and O–H groups in total. The van der Waals surface area contributed by atoms with E-state index in [-0.39, 0.29) is 18.1 Å². The third kappa shape index (κ3) is 4.21. The first-order chi connectivity index (χ1) is 15.5. The molecule has 0 bridgehead atoms. The summed E-state index contributed by atoms with van der Waals surface area (Å²) in [7, 11) is 0. The minimum atomic E-state index is -0.556. The van der Waals surface area contributed by atoms with E-state index in [0.717, 1.165) is 11.5 Å². The highest BCUT2D eigenvalue weighted by Crippen LogP contribution is 2.32. The fourth-order valence-electron chi connectivity index (χ4n) is 3.03. The van der Waals surface area contributed by atoms with Crippen LogP contribution in [0.5, 0.6) is 0 Å². The van der Waals surface area contributed by atoms with E-state index in [1.54, 1.807) is 62.4 Å². The molecule has 0 aliphatic heterocycles. The van der Waals surface area contributed by atoms with Gasteiger partial charge in [0, 0.05) is 11.1 Å². The second-order valence-corrected chi connectivity index (χ2v) is 7.45. The predicted molar refractivity (Wildman–Crippen MR) is 119 cm³/mol. The van der Waals surface area contributed by atoms with Crippen LogP contribution < -0.4 is 10.6 Å². The third-order valence-corrected chi connectivity index (χ3v) is 5.38. The molecule has 32 heavy (non-hydrogen) atoms. The monoisotopic (exact) mass is 450 g/mol. The van der Waals surface area contributed by atoms with Crippen LogP contribution in [0.25, 0.3) is 11.0 Å². The summed E-state index contributed by atoms with van der Waals surface area (Å²) < 4.78 is 14.5. The number of nitrogens with zero attached hydrogens (tertiary/aromatic N) is 2. The summed E-state index contributed by atoms with van der Waals surface area (Å²) in [6.07, 6.45) is 0. The van der Waals surface area contributed by atoms with Gasteiger partial charge in [0.25, 0.3) is 11.8 Å². The lowest BCUT2D eigenvalue weighted by Crippen LogP contribution is -2.17. The number of amides is 2. The lowest BCUT2D eigenvalue weighted by atomic mass is 10.2. The van der Waals surface area contributed by atoms with Crippen LogP contribution in [0.2, 0.25) is 0 Å². The highest BCUT2D eigenvalue weighted by atomic mass is 32.1. The Morgan fingerprint density at radius 2 is 1.78 bits per heavy atom. The van der Waals surface area contributed by atoms with Gasteiger partial charge in [-0.1, -0.05) is 16.6 Å². The van der Waals surface area contributed by atoms with Crippen molar-refractivity contribution in [3.63, 3.8) is 0 Å². The molecule has 0 atom stereocenters. The first kappa shape index (κ1) is 21.2. The predicted octanol–water partition coefficient (Wildman–Crippen LogP) is 4.27. The quantitative estimate of drug-likeness (QED) is 0.420. The van der Waals surface area contributed by atoms with Crippen LogP contribution in [0.1, 0.15) is 43.2 Å². The number of rotatable bonds is 6. The molecule has 2 amide bonds. The molecule has 2 heterocycles. The van der Waals surface area contributed by atoms with Gasteiger partial charge in [-0.15, -0.1) is 5.10 Å². The van der Waals surface area contributed by atoms with E-state index >= 15 is 0 Å². The molecule has 9 nitrogen and oxygen atoms in total. The van der Waals surface area contributed by atoms with Crippen LogP contribution in [0.4, 0.5) is 11.4 Å². The van der Waals surface area contributed by atoms with Crippen molar-refractivity contribution in [2.75, 3.05) is 17.2 Å². The summed E-state index contributed by atoms with van der Waals surface area (Å²) in [5.41, 5.74) is 2.01. The molecule has 2 aromatic heterocycles. The number of ether oxygens (including phenoxy) is 1. The largest absolute Gasteiger partial charge is 0.462 e. The summed E-state index contributed by atoms with van der Waals surface area (Å²) in [5.74, 6) is -1.49. The molecular weight excluding hydrogens is 432 g/mol. The number of nitrogens with one attached hydrogen (secondary N) is 2. The highest BCUT2D eigenvalue weighted by molar-refractivity contribution is 7.08. The highest BCUT2D eigenvalue weighted by Gasteiger charge is 2.24. The smallest absolute Gasteiger partial charge is 0.338 e. The van der Waals surface area contributed by atoms with Crippen molar-refractivity contribution in [2.24, 2.45) is 0 Å². The van der Waals surface area contributed by atoms with Crippen molar-refractivity contribution in [1.82, 2.24) is 9.59 Å². The maximum atomic E-state index is 13.0. The van der Waals surface area contributed by atoms with Crippen molar-refractivity contribution in [2.45, 2.75) is 13.8 Å². The van der Waals surface area contributed by atoms with Crippen molar-refractivity contribution < 1.29 is 23.5 Å². The average Bonchev–Trinajstić information content (AvgIpc) is 3.38. The number of furan rings is 1. The Bertz CT molecular complexity index is 1310. The molecule has 2 aromatic carbocycles. The molecule has 0 aliphatic carbocycles. The lowest BCUT2D eigenvalue weighted by molar-refractivity contribution is 0.0526. The topological polar surface area (TPSA) is 123 Å². The maximum Gasteiger partial charge on any atom is 0.338 e. The van der Waals surface area contributed by atoms with Crippen molar-refractivity contribution in [3.05, 3.63) is 70.4 Å². The minimum Gasteiger partial charge on any atom is -0.462 e. The molecule has 0 aliphatic rings. The summed E-state index contributed by atoms with van der Waals surface area (Å²) >= 11 is 0.967. The Morgan fingerprint density at radius 3 is 2.47 bits per heavy atom. The first-order valence-electron chi connectivity index (χ1n) is 9.68. The summed E-state index contributed by atoms with van der Waals surface area (Å²) in [6, 6.07) is 13.3. The zero-order chi connectivity index (χ0) is 22.7. The van der Waals surface area contributed by atoms with Gasteiger partial charge in [-0.2, -0.15) is 0 Å². The van der Waals surface area contributed by atoms with Gasteiger partial charge in [-0.05, 0) is 61.8 Å². The Kier molecular flexibility index (Phi) is 5.95. The molecule has 0 radical (unpaired) electrons. The van der Waals surface area contributed by atoms with Crippen LogP contribution in [0.15, 0.2) is 52.9 Å². The Hall–Kier alpha value is -4.05. The molecule has 10 heteroatoms. The van der Waals surface area contributed by atoms with Crippen LogP contribution in [-0.2, 0) is 4.74 Å². The van der Waals surface area contributed by atoms with Gasteiger partial charge in [0.05, 0.1) is 17.9 Å². The van der Waals surface area contributed by atoms with Crippen LogP contribution in [-0.4, -0.2) is 34.0 Å². The summed E-state index contributed by atoms with van der Waals surface area (Å²) in [6.45, 7) is 3.68. The minimum absolute atomic E-state index is 0.0517. The first-order valence-corrected chi connectivity index (χ1v) is 10.5. The fraction of sp³-hybridized carbons (Fsp3) is 0.136. The van der Waals surface area contributed by atoms with E-state index in [2.05, 4.69) is 20.2 Å².